The topological polar surface area (TPSA) is 26.3 Å². The van der Waals surface area contributed by atoms with Crippen LogP contribution in [-0.4, -0.2) is 12.6 Å². The third-order valence-corrected chi connectivity index (χ3v) is 3.30. The van der Waals surface area contributed by atoms with Gasteiger partial charge in [0.05, 0.1) is 6.61 Å². The maximum Gasteiger partial charge on any atom is 0.305 e. The van der Waals surface area contributed by atoms with Crippen LogP contribution in [0.2, 0.25) is 0 Å². The molecule has 25 heavy (non-hydrogen) atoms. The molecule has 0 saturated heterocycles. The van der Waals surface area contributed by atoms with Gasteiger partial charge < -0.3 is 4.74 Å². The minimum Gasteiger partial charge on any atom is -0.466 e. The van der Waals surface area contributed by atoms with Crippen molar-refractivity contribution >= 4 is 21.9 Å². The van der Waals surface area contributed by atoms with E-state index in [-0.39, 0.29) is 5.97 Å². The van der Waals surface area contributed by atoms with Gasteiger partial charge in [-0.1, -0.05) is 59.0 Å². The summed E-state index contributed by atoms with van der Waals surface area (Å²) in [6.07, 6.45) is 13.6. The number of esters is 1. The summed E-state index contributed by atoms with van der Waals surface area (Å²) in [4.78, 5) is 13.1. The molecule has 0 aromatic carbocycles. The van der Waals surface area contributed by atoms with Gasteiger partial charge in [0.2, 0.25) is 0 Å². The van der Waals surface area contributed by atoms with Crippen LogP contribution < -0.4 is 0 Å². The third kappa shape index (κ3) is 20.1. The van der Waals surface area contributed by atoms with E-state index in [0.29, 0.717) is 19.4 Å². The summed E-state index contributed by atoms with van der Waals surface area (Å²) in [6.45, 7) is 2.60. The second kappa shape index (κ2) is 20.2. The molecule has 0 radical (unpaired) electrons. The van der Waals surface area contributed by atoms with Crippen LogP contribution in [0, 0.1) is 35.5 Å². The molecule has 0 aliphatic carbocycles. The van der Waals surface area contributed by atoms with E-state index in [1.165, 1.54) is 0 Å². The number of hydrogen-bond acceptors (Lipinski definition) is 2. The smallest absolute Gasteiger partial charge is 0.305 e. The first kappa shape index (κ1) is 23.1. The molecule has 3 heteroatoms. The Hall–Kier alpha value is -1.89. The average Bonchev–Trinajstić information content (AvgIpc) is 2.61. The summed E-state index contributed by atoms with van der Waals surface area (Å²) in [5.41, 5.74) is 0. The zero-order chi connectivity index (χ0) is 18.4. The fourth-order valence-electron chi connectivity index (χ4n) is 1.68. The maximum absolute atomic E-state index is 11.4. The predicted molar refractivity (Wildman–Crippen MR) is 109 cm³/mol. The van der Waals surface area contributed by atoms with Crippen LogP contribution >= 0.6 is 15.9 Å². The molecular formula is C22H27BrO2. The van der Waals surface area contributed by atoms with E-state index in [0.717, 1.165) is 44.9 Å². The van der Waals surface area contributed by atoms with Crippen molar-refractivity contribution in [3.8, 4) is 35.5 Å². The number of carbonyl (C=O) groups excluding carboxylic acids is 1. The van der Waals surface area contributed by atoms with Gasteiger partial charge in [0, 0.05) is 19.3 Å². The van der Waals surface area contributed by atoms with Gasteiger partial charge in [-0.25, -0.2) is 0 Å². The van der Waals surface area contributed by atoms with E-state index in [2.05, 4.69) is 64.5 Å². The summed E-state index contributed by atoms with van der Waals surface area (Å²) in [7, 11) is 0. The minimum atomic E-state index is -0.124. The molecule has 0 unspecified atom stereocenters. The van der Waals surface area contributed by atoms with Crippen molar-refractivity contribution < 1.29 is 9.53 Å². The van der Waals surface area contributed by atoms with E-state index in [4.69, 9.17) is 4.74 Å². The minimum absolute atomic E-state index is 0.124. The molecule has 0 N–H and O–H groups in total. The van der Waals surface area contributed by atoms with Gasteiger partial charge in [0.25, 0.3) is 0 Å². The lowest BCUT2D eigenvalue weighted by Crippen LogP contribution is -2.05. The molecule has 0 atom stereocenters. The van der Waals surface area contributed by atoms with Crippen LogP contribution in [0.25, 0.3) is 0 Å². The molecule has 0 bridgehead atoms. The van der Waals surface area contributed by atoms with E-state index in [1.807, 2.05) is 6.08 Å². The van der Waals surface area contributed by atoms with Crippen LogP contribution in [0.1, 0.15) is 64.7 Å². The van der Waals surface area contributed by atoms with Crippen molar-refractivity contribution in [2.24, 2.45) is 0 Å². The monoisotopic (exact) mass is 402 g/mol. The summed E-state index contributed by atoms with van der Waals surface area (Å²) in [6, 6.07) is 0. The first-order valence-electron chi connectivity index (χ1n) is 8.84. The predicted octanol–water partition coefficient (Wildman–Crippen LogP) is 5.54. The number of ether oxygens (including phenoxy) is 1. The molecule has 0 spiro atoms. The van der Waals surface area contributed by atoms with Gasteiger partial charge in [0.15, 0.2) is 0 Å². The van der Waals surface area contributed by atoms with Crippen molar-refractivity contribution in [1.82, 2.24) is 0 Å². The Kier molecular flexibility index (Phi) is 18.6. The number of hydrogen-bond donors (Lipinski definition) is 0. The lowest BCUT2D eigenvalue weighted by Gasteiger charge is -2.01. The van der Waals surface area contributed by atoms with Gasteiger partial charge >= 0.3 is 5.97 Å². The fraction of sp³-hybridized carbons (Fsp3) is 0.500. The third-order valence-electron chi connectivity index (χ3n) is 3.04. The van der Waals surface area contributed by atoms with Gasteiger partial charge in [-0.05, 0) is 61.1 Å². The van der Waals surface area contributed by atoms with Crippen molar-refractivity contribution in [3.05, 3.63) is 23.2 Å². The normalized spacial score (nSPS) is 9.68. The van der Waals surface area contributed by atoms with Crippen molar-refractivity contribution in [3.63, 3.8) is 0 Å². The number of allylic oxidation sites excluding steroid dienone is 3. The van der Waals surface area contributed by atoms with Gasteiger partial charge in [-0.3, -0.25) is 4.79 Å². The molecule has 0 fully saturated rings. The SMILES string of the molecule is CCCCOC(=O)CCCC#CC#CCCCC/C=C/C#C/C=C/Br. The van der Waals surface area contributed by atoms with Gasteiger partial charge in [-0.2, -0.15) is 0 Å². The molecule has 0 aliphatic heterocycles. The zero-order valence-electron chi connectivity index (χ0n) is 15.1. The molecule has 0 amide bonds. The van der Waals surface area contributed by atoms with Gasteiger partial charge in [-0.15, -0.1) is 0 Å². The van der Waals surface area contributed by atoms with Crippen LogP contribution in [0.3, 0.4) is 0 Å². The number of rotatable bonds is 10. The molecule has 0 heterocycles. The first-order valence-corrected chi connectivity index (χ1v) is 9.75. The molecule has 0 aromatic rings. The fourth-order valence-corrected chi connectivity index (χ4v) is 1.81. The first-order chi connectivity index (χ1) is 12.3. The maximum atomic E-state index is 11.4. The number of unbranched alkanes of at least 4 members (excludes halogenated alkanes) is 5. The Morgan fingerprint density at radius 3 is 2.44 bits per heavy atom. The average molecular weight is 403 g/mol. The van der Waals surface area contributed by atoms with Crippen LogP contribution in [0.5, 0.6) is 0 Å². The summed E-state index contributed by atoms with van der Waals surface area (Å²) in [5.74, 6) is 17.4. The molecule has 0 aromatic heterocycles. The molecule has 0 rings (SSSR count). The van der Waals surface area contributed by atoms with Crippen LogP contribution in [0.4, 0.5) is 0 Å². The lowest BCUT2D eigenvalue weighted by atomic mass is 10.2. The standard InChI is InChI=1S/C22H27BrO2/c1-2-3-21-25-22(24)19-17-15-13-11-9-7-5-4-6-8-10-12-14-16-18-20-23/h10,12,18,20H,2-6,8,15,17,19,21H2,1H3/b12-10+,20-18+. The highest BCUT2D eigenvalue weighted by atomic mass is 79.9. The largest absolute Gasteiger partial charge is 0.466 e. The molecule has 2 nitrogen and oxygen atoms in total. The lowest BCUT2D eigenvalue weighted by molar-refractivity contribution is -0.143. The molecule has 0 aliphatic rings. The Bertz CT molecular complexity index is 583. The number of carbonyl (C=O) groups is 1. The Labute approximate surface area is 161 Å². The Morgan fingerprint density at radius 2 is 1.72 bits per heavy atom. The summed E-state index contributed by atoms with van der Waals surface area (Å²) < 4.78 is 5.07. The van der Waals surface area contributed by atoms with Gasteiger partial charge in [0.1, 0.15) is 0 Å². The Balaban J connectivity index is 3.55. The van der Waals surface area contributed by atoms with Crippen LogP contribution in [0.15, 0.2) is 23.2 Å². The highest BCUT2D eigenvalue weighted by Crippen LogP contribution is 2.00. The summed E-state index contributed by atoms with van der Waals surface area (Å²) >= 11 is 3.16. The molecule has 0 saturated carbocycles. The van der Waals surface area contributed by atoms with Crippen molar-refractivity contribution in [2.45, 2.75) is 64.7 Å². The molecule has 134 valence electrons. The summed E-state index contributed by atoms with van der Waals surface area (Å²) in [5, 5.41) is 0. The van der Waals surface area contributed by atoms with Crippen molar-refractivity contribution in [2.75, 3.05) is 6.61 Å². The van der Waals surface area contributed by atoms with E-state index >= 15 is 0 Å². The van der Waals surface area contributed by atoms with Crippen LogP contribution in [-0.2, 0) is 9.53 Å². The molecular weight excluding hydrogens is 376 g/mol. The second-order valence-corrected chi connectivity index (χ2v) is 5.79. The zero-order valence-corrected chi connectivity index (χ0v) is 16.7. The van der Waals surface area contributed by atoms with Crippen molar-refractivity contribution in [1.29, 1.82) is 0 Å². The van der Waals surface area contributed by atoms with E-state index in [9.17, 15) is 4.79 Å². The highest BCUT2D eigenvalue weighted by molar-refractivity contribution is 9.11. The quantitative estimate of drug-likeness (QED) is 0.272. The highest BCUT2D eigenvalue weighted by Gasteiger charge is 2.00. The van der Waals surface area contributed by atoms with E-state index in [1.54, 1.807) is 11.1 Å². The second-order valence-electron chi connectivity index (χ2n) is 5.26. The Morgan fingerprint density at radius 1 is 1.00 bits per heavy atom. The number of halogens is 1. The van der Waals surface area contributed by atoms with E-state index < -0.39 is 0 Å².